The van der Waals surface area contributed by atoms with Gasteiger partial charge in [0, 0.05) is 11.1 Å². The van der Waals surface area contributed by atoms with Gasteiger partial charge in [-0.3, -0.25) is 4.79 Å². The van der Waals surface area contributed by atoms with Crippen molar-refractivity contribution < 1.29 is 9.18 Å². The van der Waals surface area contributed by atoms with Gasteiger partial charge in [0.1, 0.15) is 5.82 Å². The van der Waals surface area contributed by atoms with Gasteiger partial charge in [0.05, 0.1) is 15.8 Å². The first-order valence-corrected chi connectivity index (χ1v) is 8.62. The predicted octanol–water partition coefficient (Wildman–Crippen LogP) is 4.88. The molecule has 0 aliphatic rings. The van der Waals surface area contributed by atoms with Crippen LogP contribution in [0.25, 0.3) is 10.9 Å². The maximum absolute atomic E-state index is 12.9. The van der Waals surface area contributed by atoms with Crippen LogP contribution >= 0.6 is 11.8 Å². The molecule has 1 aromatic heterocycles. The number of hydrogen-bond acceptors (Lipinski definition) is 3. The number of para-hydroxylation sites is 1. The molecule has 0 aliphatic heterocycles. The summed E-state index contributed by atoms with van der Waals surface area (Å²) in [5, 5.41) is 4.45. The van der Waals surface area contributed by atoms with Crippen LogP contribution in [0.15, 0.2) is 65.7 Å². The molecule has 0 saturated carbocycles. The van der Waals surface area contributed by atoms with Gasteiger partial charge in [-0.15, -0.1) is 0 Å². The Hall–Kier alpha value is -2.40. The lowest BCUT2D eigenvalue weighted by atomic mass is 10.2. The summed E-state index contributed by atoms with van der Waals surface area (Å²) in [5.41, 5.74) is 1.50. The zero-order chi connectivity index (χ0) is 16.9. The molecule has 0 saturated heterocycles. The molecule has 1 N–H and O–H groups in total. The van der Waals surface area contributed by atoms with E-state index in [0.717, 1.165) is 15.9 Å². The van der Waals surface area contributed by atoms with Gasteiger partial charge in [-0.05, 0) is 42.8 Å². The predicted molar refractivity (Wildman–Crippen MR) is 96.7 cm³/mol. The molecule has 0 radical (unpaired) electrons. The molecule has 3 nitrogen and oxygen atoms in total. The van der Waals surface area contributed by atoms with E-state index < -0.39 is 0 Å². The highest BCUT2D eigenvalue weighted by Crippen LogP contribution is 2.26. The fourth-order valence-corrected chi connectivity index (χ4v) is 3.26. The Morgan fingerprint density at radius 1 is 1.12 bits per heavy atom. The van der Waals surface area contributed by atoms with Crippen molar-refractivity contribution in [2.45, 2.75) is 23.6 Å². The number of benzene rings is 2. The molecular formula is C19H17FN2OS. The van der Waals surface area contributed by atoms with E-state index in [4.69, 9.17) is 0 Å². The van der Waals surface area contributed by atoms with Crippen molar-refractivity contribution in [3.05, 3.63) is 66.5 Å². The van der Waals surface area contributed by atoms with Gasteiger partial charge < -0.3 is 5.32 Å². The van der Waals surface area contributed by atoms with E-state index in [1.165, 1.54) is 23.9 Å². The largest absolute Gasteiger partial charge is 0.325 e. The van der Waals surface area contributed by atoms with E-state index in [2.05, 4.69) is 10.3 Å². The molecule has 5 heteroatoms. The number of carbonyl (C=O) groups is 1. The van der Waals surface area contributed by atoms with Crippen LogP contribution in [0.4, 0.5) is 10.1 Å². The molecule has 24 heavy (non-hydrogen) atoms. The van der Waals surface area contributed by atoms with Crippen LogP contribution in [0.5, 0.6) is 0 Å². The van der Waals surface area contributed by atoms with Gasteiger partial charge in [0.25, 0.3) is 0 Å². The Balaban J connectivity index is 1.72. The third kappa shape index (κ3) is 3.92. The Morgan fingerprint density at radius 3 is 2.62 bits per heavy atom. The maximum atomic E-state index is 12.9. The zero-order valence-electron chi connectivity index (χ0n) is 13.2. The quantitative estimate of drug-likeness (QED) is 0.673. The Labute approximate surface area is 144 Å². The fourth-order valence-electron chi connectivity index (χ4n) is 2.34. The number of pyridine rings is 1. The number of nitrogens with zero attached hydrogens (tertiary/aromatic N) is 1. The normalized spacial score (nSPS) is 12.1. The highest BCUT2D eigenvalue weighted by atomic mass is 32.2. The molecule has 122 valence electrons. The second kappa shape index (κ2) is 7.45. The lowest BCUT2D eigenvalue weighted by molar-refractivity contribution is -0.115. The number of hydrogen-bond donors (Lipinski definition) is 1. The van der Waals surface area contributed by atoms with Gasteiger partial charge in [-0.1, -0.05) is 43.0 Å². The minimum Gasteiger partial charge on any atom is -0.325 e. The summed E-state index contributed by atoms with van der Waals surface area (Å²) >= 11 is 1.44. The molecule has 1 unspecified atom stereocenters. The molecule has 0 spiro atoms. The van der Waals surface area contributed by atoms with Crippen molar-refractivity contribution in [2.24, 2.45) is 0 Å². The number of halogens is 1. The van der Waals surface area contributed by atoms with E-state index in [-0.39, 0.29) is 17.0 Å². The lowest BCUT2D eigenvalue weighted by Crippen LogP contribution is -2.24. The minimum atomic E-state index is -0.324. The topological polar surface area (TPSA) is 42.0 Å². The Morgan fingerprint density at radius 2 is 1.88 bits per heavy atom. The van der Waals surface area contributed by atoms with Crippen molar-refractivity contribution in [3.63, 3.8) is 0 Å². The number of carbonyl (C=O) groups excluding carboxylic acids is 1. The van der Waals surface area contributed by atoms with Crippen LogP contribution in [0.3, 0.4) is 0 Å². The van der Waals surface area contributed by atoms with E-state index in [1.807, 2.05) is 43.3 Å². The number of anilines is 1. The van der Waals surface area contributed by atoms with E-state index in [0.29, 0.717) is 12.1 Å². The molecule has 1 heterocycles. The average Bonchev–Trinajstić information content (AvgIpc) is 2.61. The fraction of sp³-hybridized carbons (Fsp3) is 0.158. The standard InChI is InChI=1S/C19H17FN2OS/c1-2-17(19(23)21-15-10-8-14(20)9-11-15)24-18-12-7-13-5-3-4-6-16(13)22-18/h3-12,17H,2H2,1H3,(H,21,23). The molecule has 0 fully saturated rings. The van der Waals surface area contributed by atoms with Crippen molar-refractivity contribution in [3.8, 4) is 0 Å². The third-order valence-electron chi connectivity index (χ3n) is 3.61. The summed E-state index contributed by atoms with van der Waals surface area (Å²) in [6.45, 7) is 1.96. The van der Waals surface area contributed by atoms with Gasteiger partial charge >= 0.3 is 0 Å². The van der Waals surface area contributed by atoms with Gasteiger partial charge in [0.2, 0.25) is 5.91 Å². The molecule has 2 aromatic carbocycles. The molecule has 3 aromatic rings. The van der Waals surface area contributed by atoms with Crippen molar-refractivity contribution in [2.75, 3.05) is 5.32 Å². The second-order valence-electron chi connectivity index (χ2n) is 5.35. The highest BCUT2D eigenvalue weighted by molar-refractivity contribution is 8.00. The summed E-state index contributed by atoms with van der Waals surface area (Å²) in [5.74, 6) is -0.432. The summed E-state index contributed by atoms with van der Waals surface area (Å²) in [6, 6.07) is 17.6. The first kappa shape index (κ1) is 16.5. The minimum absolute atomic E-state index is 0.107. The maximum Gasteiger partial charge on any atom is 0.237 e. The molecular weight excluding hydrogens is 323 g/mol. The number of amides is 1. The number of fused-ring (bicyclic) bond motifs is 1. The zero-order valence-corrected chi connectivity index (χ0v) is 14.0. The number of aromatic nitrogens is 1. The van der Waals surface area contributed by atoms with Crippen LogP contribution in [0, 0.1) is 5.82 Å². The van der Waals surface area contributed by atoms with Gasteiger partial charge in [-0.2, -0.15) is 0 Å². The number of rotatable bonds is 5. The molecule has 3 rings (SSSR count). The van der Waals surface area contributed by atoms with Crippen LogP contribution in [0.1, 0.15) is 13.3 Å². The monoisotopic (exact) mass is 340 g/mol. The van der Waals surface area contributed by atoms with E-state index >= 15 is 0 Å². The van der Waals surface area contributed by atoms with Crippen LogP contribution in [0.2, 0.25) is 0 Å². The van der Waals surface area contributed by atoms with Crippen molar-refractivity contribution >= 4 is 34.3 Å². The van der Waals surface area contributed by atoms with E-state index in [1.54, 1.807) is 12.1 Å². The summed E-state index contributed by atoms with van der Waals surface area (Å²) in [7, 11) is 0. The van der Waals surface area contributed by atoms with Crippen LogP contribution in [-0.4, -0.2) is 16.1 Å². The first-order chi connectivity index (χ1) is 11.7. The van der Waals surface area contributed by atoms with Gasteiger partial charge in [0.15, 0.2) is 0 Å². The highest BCUT2D eigenvalue weighted by Gasteiger charge is 2.19. The smallest absolute Gasteiger partial charge is 0.237 e. The summed E-state index contributed by atoms with van der Waals surface area (Å²) in [6.07, 6.45) is 0.673. The van der Waals surface area contributed by atoms with Gasteiger partial charge in [-0.25, -0.2) is 9.37 Å². The third-order valence-corrected chi connectivity index (χ3v) is 4.91. The molecule has 0 bridgehead atoms. The lowest BCUT2D eigenvalue weighted by Gasteiger charge is -2.14. The first-order valence-electron chi connectivity index (χ1n) is 7.74. The average molecular weight is 340 g/mol. The number of nitrogens with one attached hydrogen (secondary N) is 1. The Kier molecular flexibility index (Phi) is 5.11. The summed E-state index contributed by atoms with van der Waals surface area (Å²) < 4.78 is 12.9. The van der Waals surface area contributed by atoms with Crippen molar-refractivity contribution in [1.82, 2.24) is 4.98 Å². The second-order valence-corrected chi connectivity index (χ2v) is 6.58. The van der Waals surface area contributed by atoms with Crippen molar-refractivity contribution in [1.29, 1.82) is 0 Å². The molecule has 1 atom stereocenters. The van der Waals surface area contributed by atoms with Crippen LogP contribution in [-0.2, 0) is 4.79 Å². The SMILES string of the molecule is CCC(Sc1ccc2ccccc2n1)C(=O)Nc1ccc(F)cc1. The number of thioether (sulfide) groups is 1. The van der Waals surface area contributed by atoms with E-state index in [9.17, 15) is 9.18 Å². The Bertz CT molecular complexity index is 851. The molecule has 0 aliphatic carbocycles. The van der Waals surface area contributed by atoms with Crippen LogP contribution < -0.4 is 5.32 Å². The molecule has 1 amide bonds. The summed E-state index contributed by atoms with van der Waals surface area (Å²) in [4.78, 5) is 17.0.